The fourth-order valence-electron chi connectivity index (χ4n) is 2.68. The Kier molecular flexibility index (Phi) is 7.39. The smallest absolute Gasteiger partial charge is 0.323 e. The summed E-state index contributed by atoms with van der Waals surface area (Å²) in [7, 11) is 0. The van der Waals surface area contributed by atoms with E-state index in [0.717, 1.165) is 18.9 Å². The fourth-order valence-corrected chi connectivity index (χ4v) is 2.68. The monoisotopic (exact) mass is 270 g/mol. The first kappa shape index (κ1) is 16.4. The number of ether oxygens (including phenoxy) is 1. The summed E-state index contributed by atoms with van der Waals surface area (Å²) in [6.07, 6.45) is 3.41. The number of carbonyl (C=O) groups is 1. The van der Waals surface area contributed by atoms with Gasteiger partial charge in [0.2, 0.25) is 0 Å². The third-order valence-electron chi connectivity index (χ3n) is 3.79. The first-order chi connectivity index (χ1) is 9.06. The predicted octanol–water partition coefficient (Wildman–Crippen LogP) is 2.04. The Bertz CT molecular complexity index is 269. The average Bonchev–Trinajstić information content (AvgIpc) is 2.82. The van der Waals surface area contributed by atoms with Crippen molar-refractivity contribution >= 4 is 5.97 Å². The van der Waals surface area contributed by atoms with Gasteiger partial charge < -0.3 is 15.0 Å². The number of hydrogen-bond acceptors (Lipinski definition) is 4. The molecule has 1 aliphatic rings. The number of carbonyl (C=O) groups excluding carboxylic acids is 1. The van der Waals surface area contributed by atoms with Crippen molar-refractivity contribution in [3.63, 3.8) is 0 Å². The molecule has 1 heterocycles. The Hall–Kier alpha value is -0.610. The second-order valence-corrected chi connectivity index (χ2v) is 5.78. The number of nitrogens with one attached hydrogen (secondary N) is 1. The SMILES string of the molecule is CCOC(=O)C(CCN1CCC(CC)C1)NC(C)C. The summed E-state index contributed by atoms with van der Waals surface area (Å²) >= 11 is 0. The van der Waals surface area contributed by atoms with Crippen LogP contribution in [0.25, 0.3) is 0 Å². The molecule has 0 aromatic heterocycles. The Balaban J connectivity index is 2.37. The van der Waals surface area contributed by atoms with Crippen LogP contribution in [0, 0.1) is 5.92 Å². The van der Waals surface area contributed by atoms with Gasteiger partial charge in [-0.3, -0.25) is 4.79 Å². The highest BCUT2D eigenvalue weighted by Gasteiger charge is 2.24. The quantitative estimate of drug-likeness (QED) is 0.685. The zero-order chi connectivity index (χ0) is 14.3. The molecule has 1 saturated heterocycles. The van der Waals surface area contributed by atoms with Gasteiger partial charge in [-0.05, 0) is 32.2 Å². The molecule has 0 spiro atoms. The predicted molar refractivity (Wildman–Crippen MR) is 78.1 cm³/mol. The van der Waals surface area contributed by atoms with E-state index in [1.165, 1.54) is 25.9 Å². The molecule has 112 valence electrons. The minimum Gasteiger partial charge on any atom is -0.465 e. The first-order valence-corrected chi connectivity index (χ1v) is 7.71. The van der Waals surface area contributed by atoms with Crippen LogP contribution in [-0.2, 0) is 9.53 Å². The Morgan fingerprint density at radius 2 is 2.16 bits per heavy atom. The lowest BCUT2D eigenvalue weighted by Gasteiger charge is -2.23. The van der Waals surface area contributed by atoms with Crippen LogP contribution in [0.3, 0.4) is 0 Å². The van der Waals surface area contributed by atoms with Gasteiger partial charge in [-0.15, -0.1) is 0 Å². The first-order valence-electron chi connectivity index (χ1n) is 7.71. The molecule has 2 unspecified atom stereocenters. The number of hydrogen-bond donors (Lipinski definition) is 1. The largest absolute Gasteiger partial charge is 0.465 e. The van der Waals surface area contributed by atoms with Crippen molar-refractivity contribution in [2.75, 3.05) is 26.2 Å². The molecule has 4 nitrogen and oxygen atoms in total. The average molecular weight is 270 g/mol. The Morgan fingerprint density at radius 1 is 1.42 bits per heavy atom. The fraction of sp³-hybridized carbons (Fsp3) is 0.933. The molecule has 0 aromatic carbocycles. The molecule has 2 atom stereocenters. The van der Waals surface area contributed by atoms with Gasteiger partial charge in [-0.1, -0.05) is 27.2 Å². The maximum absolute atomic E-state index is 11.9. The number of rotatable bonds is 8. The molecule has 0 saturated carbocycles. The van der Waals surface area contributed by atoms with Crippen LogP contribution >= 0.6 is 0 Å². The van der Waals surface area contributed by atoms with E-state index < -0.39 is 0 Å². The summed E-state index contributed by atoms with van der Waals surface area (Å²) in [4.78, 5) is 14.4. The topological polar surface area (TPSA) is 41.6 Å². The third kappa shape index (κ3) is 5.91. The van der Waals surface area contributed by atoms with Crippen molar-refractivity contribution in [2.45, 2.75) is 59.0 Å². The highest BCUT2D eigenvalue weighted by Crippen LogP contribution is 2.19. The van der Waals surface area contributed by atoms with Crippen LogP contribution in [0.2, 0.25) is 0 Å². The molecule has 0 aromatic rings. The summed E-state index contributed by atoms with van der Waals surface area (Å²) in [6.45, 7) is 12.1. The van der Waals surface area contributed by atoms with Gasteiger partial charge in [-0.25, -0.2) is 0 Å². The second kappa shape index (κ2) is 8.54. The standard InChI is InChI=1S/C15H30N2O2/c1-5-13-7-9-17(11-13)10-8-14(16-12(3)4)15(18)19-6-2/h12-14,16H,5-11H2,1-4H3. The van der Waals surface area contributed by atoms with Crippen molar-refractivity contribution in [2.24, 2.45) is 5.92 Å². The van der Waals surface area contributed by atoms with Crippen molar-refractivity contribution in [3.05, 3.63) is 0 Å². The van der Waals surface area contributed by atoms with Crippen LogP contribution in [-0.4, -0.2) is 49.2 Å². The normalized spacial score (nSPS) is 21.8. The third-order valence-corrected chi connectivity index (χ3v) is 3.79. The van der Waals surface area contributed by atoms with E-state index in [4.69, 9.17) is 4.74 Å². The van der Waals surface area contributed by atoms with Crippen molar-refractivity contribution in [1.29, 1.82) is 0 Å². The number of likely N-dealkylation sites (tertiary alicyclic amines) is 1. The van der Waals surface area contributed by atoms with E-state index in [2.05, 4.69) is 31.0 Å². The van der Waals surface area contributed by atoms with Gasteiger partial charge in [0.05, 0.1) is 6.61 Å². The Morgan fingerprint density at radius 3 is 2.68 bits per heavy atom. The second-order valence-electron chi connectivity index (χ2n) is 5.78. The molecule has 0 amide bonds. The van der Waals surface area contributed by atoms with Gasteiger partial charge >= 0.3 is 5.97 Å². The van der Waals surface area contributed by atoms with Crippen LogP contribution in [0.15, 0.2) is 0 Å². The minimum atomic E-state index is -0.166. The van der Waals surface area contributed by atoms with Crippen LogP contribution in [0.1, 0.15) is 47.0 Å². The van der Waals surface area contributed by atoms with Gasteiger partial charge in [-0.2, -0.15) is 0 Å². The molecule has 0 bridgehead atoms. The zero-order valence-electron chi connectivity index (χ0n) is 12.9. The molecule has 0 aliphatic carbocycles. The maximum atomic E-state index is 11.9. The maximum Gasteiger partial charge on any atom is 0.323 e. The van der Waals surface area contributed by atoms with Crippen molar-refractivity contribution < 1.29 is 9.53 Å². The highest BCUT2D eigenvalue weighted by molar-refractivity contribution is 5.75. The molecule has 1 rings (SSSR count). The molecule has 1 aliphatic heterocycles. The lowest BCUT2D eigenvalue weighted by molar-refractivity contribution is -0.146. The van der Waals surface area contributed by atoms with Gasteiger partial charge in [0.1, 0.15) is 6.04 Å². The summed E-state index contributed by atoms with van der Waals surface area (Å²) in [6, 6.07) is 0.136. The van der Waals surface area contributed by atoms with E-state index in [1.54, 1.807) is 0 Å². The van der Waals surface area contributed by atoms with E-state index >= 15 is 0 Å². The van der Waals surface area contributed by atoms with Crippen LogP contribution in [0.5, 0.6) is 0 Å². The molecular weight excluding hydrogens is 240 g/mol. The highest BCUT2D eigenvalue weighted by atomic mass is 16.5. The zero-order valence-corrected chi connectivity index (χ0v) is 12.9. The summed E-state index contributed by atoms with van der Waals surface area (Å²) in [5.41, 5.74) is 0. The van der Waals surface area contributed by atoms with Crippen molar-refractivity contribution in [1.82, 2.24) is 10.2 Å². The lowest BCUT2D eigenvalue weighted by atomic mass is 10.1. The summed E-state index contributed by atoms with van der Waals surface area (Å²) in [5.74, 6) is 0.738. The van der Waals surface area contributed by atoms with Gasteiger partial charge in [0.15, 0.2) is 0 Å². The molecular formula is C15H30N2O2. The van der Waals surface area contributed by atoms with Gasteiger partial charge in [0.25, 0.3) is 0 Å². The minimum absolute atomic E-state index is 0.109. The van der Waals surface area contributed by atoms with E-state index in [9.17, 15) is 4.79 Å². The molecule has 4 heteroatoms. The van der Waals surface area contributed by atoms with Crippen LogP contribution < -0.4 is 5.32 Å². The molecule has 1 fully saturated rings. The Labute approximate surface area is 117 Å². The van der Waals surface area contributed by atoms with Crippen molar-refractivity contribution in [3.8, 4) is 0 Å². The lowest BCUT2D eigenvalue weighted by Crippen LogP contribution is -2.44. The summed E-state index contributed by atoms with van der Waals surface area (Å²) in [5, 5.41) is 3.31. The van der Waals surface area contributed by atoms with E-state index in [0.29, 0.717) is 12.6 Å². The number of nitrogens with zero attached hydrogens (tertiary/aromatic N) is 1. The van der Waals surface area contributed by atoms with Crippen LogP contribution in [0.4, 0.5) is 0 Å². The number of esters is 1. The molecule has 0 radical (unpaired) electrons. The summed E-state index contributed by atoms with van der Waals surface area (Å²) < 4.78 is 5.14. The molecule has 1 N–H and O–H groups in total. The van der Waals surface area contributed by atoms with Gasteiger partial charge in [0, 0.05) is 19.1 Å². The van der Waals surface area contributed by atoms with E-state index in [1.807, 2.05) is 6.92 Å². The molecule has 19 heavy (non-hydrogen) atoms. The van der Waals surface area contributed by atoms with E-state index in [-0.39, 0.29) is 12.0 Å².